The first-order valence-corrected chi connectivity index (χ1v) is 6.10. The summed E-state index contributed by atoms with van der Waals surface area (Å²) in [5.74, 6) is 2.38. The smallest absolute Gasteiger partial charge is 0.204 e. The van der Waals surface area contributed by atoms with E-state index in [9.17, 15) is 0 Å². The molecule has 7 nitrogen and oxygen atoms in total. The SMILES string of the molecule is COc1cc(CN)cc(OC)c1OCc1nncn1C. The van der Waals surface area contributed by atoms with Crippen molar-refractivity contribution in [2.45, 2.75) is 13.2 Å². The van der Waals surface area contributed by atoms with Gasteiger partial charge in [0.2, 0.25) is 5.75 Å². The van der Waals surface area contributed by atoms with Gasteiger partial charge in [-0.05, 0) is 17.7 Å². The monoisotopic (exact) mass is 278 g/mol. The second kappa shape index (κ2) is 6.25. The lowest BCUT2D eigenvalue weighted by molar-refractivity contribution is 0.256. The lowest BCUT2D eigenvalue weighted by Crippen LogP contribution is -2.06. The predicted octanol–water partition coefficient (Wildman–Crippen LogP) is 0.870. The summed E-state index contributed by atoms with van der Waals surface area (Å²) < 4.78 is 18.2. The van der Waals surface area contributed by atoms with Crippen LogP contribution in [0.2, 0.25) is 0 Å². The van der Waals surface area contributed by atoms with Crippen molar-refractivity contribution in [2.24, 2.45) is 12.8 Å². The van der Waals surface area contributed by atoms with Gasteiger partial charge in [-0.2, -0.15) is 0 Å². The van der Waals surface area contributed by atoms with Crippen molar-refractivity contribution >= 4 is 0 Å². The molecule has 108 valence electrons. The molecule has 0 amide bonds. The van der Waals surface area contributed by atoms with Crippen molar-refractivity contribution in [1.29, 1.82) is 0 Å². The van der Waals surface area contributed by atoms with Crippen LogP contribution >= 0.6 is 0 Å². The number of benzene rings is 1. The number of hydrogen-bond acceptors (Lipinski definition) is 6. The average Bonchev–Trinajstić information content (AvgIpc) is 2.89. The maximum absolute atomic E-state index is 5.76. The van der Waals surface area contributed by atoms with Gasteiger partial charge in [-0.15, -0.1) is 10.2 Å². The summed E-state index contributed by atoms with van der Waals surface area (Å²) in [5, 5.41) is 7.76. The Hall–Kier alpha value is -2.28. The number of nitrogens with two attached hydrogens (primary N) is 1. The van der Waals surface area contributed by atoms with Gasteiger partial charge >= 0.3 is 0 Å². The minimum absolute atomic E-state index is 0.269. The van der Waals surface area contributed by atoms with Gasteiger partial charge in [-0.25, -0.2) is 0 Å². The lowest BCUT2D eigenvalue weighted by Gasteiger charge is -2.15. The summed E-state index contributed by atoms with van der Waals surface area (Å²) in [6, 6.07) is 3.66. The Labute approximate surface area is 117 Å². The number of aromatic nitrogens is 3. The second-order valence-electron chi connectivity index (χ2n) is 4.18. The largest absolute Gasteiger partial charge is 0.493 e. The van der Waals surface area contributed by atoms with E-state index >= 15 is 0 Å². The van der Waals surface area contributed by atoms with Crippen molar-refractivity contribution < 1.29 is 14.2 Å². The molecule has 0 aliphatic carbocycles. The third-order valence-electron chi connectivity index (χ3n) is 2.91. The van der Waals surface area contributed by atoms with E-state index in [0.717, 1.165) is 5.56 Å². The standard InChI is InChI=1S/C13H18N4O3/c1-17-8-15-16-12(17)7-20-13-10(18-2)4-9(6-14)5-11(13)19-3/h4-5,8H,6-7,14H2,1-3H3. The highest BCUT2D eigenvalue weighted by Gasteiger charge is 2.15. The first-order valence-electron chi connectivity index (χ1n) is 6.10. The molecule has 0 aliphatic rings. The fourth-order valence-electron chi connectivity index (χ4n) is 1.77. The van der Waals surface area contributed by atoms with Crippen LogP contribution < -0.4 is 19.9 Å². The Kier molecular flexibility index (Phi) is 4.41. The van der Waals surface area contributed by atoms with E-state index < -0.39 is 0 Å². The van der Waals surface area contributed by atoms with E-state index in [1.165, 1.54) is 0 Å². The fraction of sp³-hybridized carbons (Fsp3) is 0.385. The molecule has 0 bridgehead atoms. The maximum Gasteiger partial charge on any atom is 0.204 e. The molecule has 7 heteroatoms. The lowest BCUT2D eigenvalue weighted by atomic mass is 10.2. The summed E-state index contributed by atoms with van der Waals surface area (Å²) in [5.41, 5.74) is 6.55. The molecule has 0 radical (unpaired) electrons. The van der Waals surface area contributed by atoms with Gasteiger partial charge in [0.25, 0.3) is 0 Å². The maximum atomic E-state index is 5.76. The third-order valence-corrected chi connectivity index (χ3v) is 2.91. The summed E-state index contributed by atoms with van der Waals surface area (Å²) in [7, 11) is 5.00. The van der Waals surface area contributed by atoms with Gasteiger partial charge < -0.3 is 24.5 Å². The molecule has 20 heavy (non-hydrogen) atoms. The van der Waals surface area contributed by atoms with Crippen LogP contribution in [0.25, 0.3) is 0 Å². The summed E-state index contributed by atoms with van der Waals surface area (Å²) >= 11 is 0. The normalized spacial score (nSPS) is 10.4. The topological polar surface area (TPSA) is 84.4 Å². The van der Waals surface area contributed by atoms with E-state index in [0.29, 0.717) is 29.6 Å². The molecule has 0 spiro atoms. The zero-order valence-corrected chi connectivity index (χ0v) is 11.8. The Balaban J connectivity index is 2.27. The van der Waals surface area contributed by atoms with E-state index in [1.807, 2.05) is 19.2 Å². The summed E-state index contributed by atoms with van der Waals surface area (Å²) in [4.78, 5) is 0. The Morgan fingerprint density at radius 1 is 1.20 bits per heavy atom. The first kappa shape index (κ1) is 14.1. The number of ether oxygens (including phenoxy) is 3. The van der Waals surface area contributed by atoms with Gasteiger partial charge in [-0.1, -0.05) is 0 Å². The molecule has 2 N–H and O–H groups in total. The van der Waals surface area contributed by atoms with E-state index in [4.69, 9.17) is 19.9 Å². The van der Waals surface area contributed by atoms with E-state index in [1.54, 1.807) is 25.1 Å². The van der Waals surface area contributed by atoms with Crippen molar-refractivity contribution in [3.05, 3.63) is 29.8 Å². The van der Waals surface area contributed by atoms with Crippen LogP contribution in [0.3, 0.4) is 0 Å². The molecule has 2 aromatic rings. The van der Waals surface area contributed by atoms with Gasteiger partial charge in [-0.3, -0.25) is 0 Å². The molecule has 1 aromatic heterocycles. The van der Waals surface area contributed by atoms with Crippen molar-refractivity contribution in [1.82, 2.24) is 14.8 Å². The van der Waals surface area contributed by atoms with Crippen LogP contribution in [0, 0.1) is 0 Å². The number of rotatable bonds is 6. The van der Waals surface area contributed by atoms with Crippen LogP contribution in [0.4, 0.5) is 0 Å². The Bertz CT molecular complexity index is 558. The predicted molar refractivity (Wildman–Crippen MR) is 72.8 cm³/mol. The number of hydrogen-bond donors (Lipinski definition) is 1. The van der Waals surface area contributed by atoms with Gasteiger partial charge in [0, 0.05) is 13.6 Å². The van der Waals surface area contributed by atoms with E-state index in [2.05, 4.69) is 10.2 Å². The van der Waals surface area contributed by atoms with Crippen molar-refractivity contribution in [2.75, 3.05) is 14.2 Å². The summed E-state index contributed by atoms with van der Waals surface area (Å²) in [6.45, 7) is 0.668. The highest BCUT2D eigenvalue weighted by atomic mass is 16.5. The molecular formula is C13H18N4O3. The van der Waals surface area contributed by atoms with Crippen LogP contribution in [-0.2, 0) is 20.2 Å². The Morgan fingerprint density at radius 2 is 1.85 bits per heavy atom. The molecule has 0 atom stereocenters. The van der Waals surface area contributed by atoms with Crippen LogP contribution in [0.15, 0.2) is 18.5 Å². The highest BCUT2D eigenvalue weighted by molar-refractivity contribution is 5.53. The fourth-order valence-corrected chi connectivity index (χ4v) is 1.77. The Morgan fingerprint density at radius 3 is 2.30 bits per heavy atom. The van der Waals surface area contributed by atoms with Gasteiger partial charge in [0.15, 0.2) is 17.3 Å². The second-order valence-corrected chi connectivity index (χ2v) is 4.18. The molecule has 2 rings (SSSR count). The van der Waals surface area contributed by atoms with Crippen molar-refractivity contribution in [3.63, 3.8) is 0 Å². The molecule has 1 heterocycles. The molecule has 0 saturated heterocycles. The number of nitrogens with zero attached hydrogens (tertiary/aromatic N) is 3. The van der Waals surface area contributed by atoms with Gasteiger partial charge in [0.1, 0.15) is 12.9 Å². The molecule has 1 aromatic carbocycles. The first-order chi connectivity index (χ1) is 9.69. The minimum atomic E-state index is 0.269. The zero-order chi connectivity index (χ0) is 14.5. The number of aryl methyl sites for hydroxylation is 1. The quantitative estimate of drug-likeness (QED) is 0.844. The molecule has 0 unspecified atom stereocenters. The number of methoxy groups -OCH3 is 2. The molecule has 0 saturated carbocycles. The highest BCUT2D eigenvalue weighted by Crippen LogP contribution is 2.38. The van der Waals surface area contributed by atoms with Crippen molar-refractivity contribution in [3.8, 4) is 17.2 Å². The zero-order valence-electron chi connectivity index (χ0n) is 11.8. The average molecular weight is 278 g/mol. The van der Waals surface area contributed by atoms with Gasteiger partial charge in [0.05, 0.1) is 14.2 Å². The minimum Gasteiger partial charge on any atom is -0.493 e. The molecular weight excluding hydrogens is 260 g/mol. The van der Waals surface area contributed by atoms with E-state index in [-0.39, 0.29) is 6.61 Å². The van der Waals surface area contributed by atoms with Crippen LogP contribution in [0.1, 0.15) is 11.4 Å². The van der Waals surface area contributed by atoms with Crippen LogP contribution in [0.5, 0.6) is 17.2 Å². The van der Waals surface area contributed by atoms with Crippen LogP contribution in [-0.4, -0.2) is 29.0 Å². The molecule has 0 aliphatic heterocycles. The molecule has 0 fully saturated rings. The summed E-state index contributed by atoms with van der Waals surface area (Å²) in [6.07, 6.45) is 1.62. The third kappa shape index (κ3) is 2.83.